The van der Waals surface area contributed by atoms with Gasteiger partial charge in [0.15, 0.2) is 0 Å². The number of aryl methyl sites for hydroxylation is 2. The fourth-order valence-corrected chi connectivity index (χ4v) is 1.76. The minimum atomic E-state index is -0.155. The van der Waals surface area contributed by atoms with E-state index < -0.39 is 0 Å². The molecule has 0 atom stereocenters. The van der Waals surface area contributed by atoms with Crippen LogP contribution in [0.1, 0.15) is 16.8 Å². The summed E-state index contributed by atoms with van der Waals surface area (Å²) < 4.78 is 0. The Morgan fingerprint density at radius 3 is 2.74 bits per heavy atom. The molecular formula is C16H16N2O. The molecule has 0 radical (unpaired) electrons. The van der Waals surface area contributed by atoms with E-state index in [-0.39, 0.29) is 5.91 Å². The van der Waals surface area contributed by atoms with Crippen LogP contribution in [0.3, 0.4) is 0 Å². The highest BCUT2D eigenvalue weighted by Crippen LogP contribution is 2.15. The standard InChI is InChI=1S/C16H16N2O/c1-12-6-8-15(13(2)11-12)18-16(19)9-7-14-5-3-4-10-17-14/h3-11H,1-2H3,(H,18,19)/b9-7+. The van der Waals surface area contributed by atoms with E-state index in [1.54, 1.807) is 12.3 Å². The minimum Gasteiger partial charge on any atom is -0.322 e. The Morgan fingerprint density at radius 2 is 2.05 bits per heavy atom. The molecule has 0 saturated carbocycles. The third-order valence-electron chi connectivity index (χ3n) is 2.73. The highest BCUT2D eigenvalue weighted by atomic mass is 16.1. The summed E-state index contributed by atoms with van der Waals surface area (Å²) in [5.74, 6) is -0.155. The summed E-state index contributed by atoms with van der Waals surface area (Å²) in [6.07, 6.45) is 4.88. The Labute approximate surface area is 113 Å². The number of benzene rings is 1. The van der Waals surface area contributed by atoms with Gasteiger partial charge in [-0.05, 0) is 43.7 Å². The van der Waals surface area contributed by atoms with Gasteiger partial charge in [0.25, 0.3) is 0 Å². The lowest BCUT2D eigenvalue weighted by atomic mass is 10.1. The summed E-state index contributed by atoms with van der Waals surface area (Å²) in [7, 11) is 0. The number of anilines is 1. The first-order valence-electron chi connectivity index (χ1n) is 6.12. The second-order valence-corrected chi connectivity index (χ2v) is 4.40. The van der Waals surface area contributed by atoms with Gasteiger partial charge in [-0.25, -0.2) is 0 Å². The monoisotopic (exact) mass is 252 g/mol. The molecule has 0 aliphatic heterocycles. The molecule has 3 nitrogen and oxygen atoms in total. The Morgan fingerprint density at radius 1 is 1.21 bits per heavy atom. The molecule has 0 fully saturated rings. The molecule has 1 N–H and O–H groups in total. The SMILES string of the molecule is Cc1ccc(NC(=O)/C=C/c2ccccn2)c(C)c1. The smallest absolute Gasteiger partial charge is 0.248 e. The normalized spacial score (nSPS) is 10.6. The molecule has 0 aliphatic rings. The number of rotatable bonds is 3. The number of pyridine rings is 1. The van der Waals surface area contributed by atoms with E-state index in [4.69, 9.17) is 0 Å². The van der Waals surface area contributed by atoms with Crippen molar-refractivity contribution in [3.05, 3.63) is 65.5 Å². The quantitative estimate of drug-likeness (QED) is 0.851. The Kier molecular flexibility index (Phi) is 4.08. The van der Waals surface area contributed by atoms with E-state index in [1.165, 1.54) is 11.6 Å². The van der Waals surface area contributed by atoms with Crippen molar-refractivity contribution in [1.29, 1.82) is 0 Å². The van der Waals surface area contributed by atoms with Crippen LogP contribution in [-0.4, -0.2) is 10.9 Å². The van der Waals surface area contributed by atoms with E-state index in [9.17, 15) is 4.79 Å². The third kappa shape index (κ3) is 3.78. The maximum atomic E-state index is 11.8. The summed E-state index contributed by atoms with van der Waals surface area (Å²) in [4.78, 5) is 15.9. The third-order valence-corrected chi connectivity index (χ3v) is 2.73. The van der Waals surface area contributed by atoms with Gasteiger partial charge in [-0.2, -0.15) is 0 Å². The van der Waals surface area contributed by atoms with Gasteiger partial charge >= 0.3 is 0 Å². The van der Waals surface area contributed by atoms with Crippen molar-refractivity contribution in [3.8, 4) is 0 Å². The van der Waals surface area contributed by atoms with E-state index in [1.807, 2.05) is 50.2 Å². The molecule has 1 aromatic heterocycles. The molecule has 1 aromatic carbocycles. The highest BCUT2D eigenvalue weighted by molar-refractivity contribution is 6.02. The molecule has 2 aromatic rings. The van der Waals surface area contributed by atoms with Crippen LogP contribution in [0.5, 0.6) is 0 Å². The van der Waals surface area contributed by atoms with E-state index in [0.29, 0.717) is 0 Å². The largest absolute Gasteiger partial charge is 0.322 e. The number of hydrogen-bond acceptors (Lipinski definition) is 2. The van der Waals surface area contributed by atoms with Crippen molar-refractivity contribution in [2.75, 3.05) is 5.32 Å². The predicted octanol–water partition coefficient (Wildman–Crippen LogP) is 3.35. The predicted molar refractivity (Wildman–Crippen MR) is 77.8 cm³/mol. The van der Waals surface area contributed by atoms with Crippen LogP contribution in [-0.2, 0) is 4.79 Å². The summed E-state index contributed by atoms with van der Waals surface area (Å²) in [5.41, 5.74) is 3.83. The topological polar surface area (TPSA) is 42.0 Å². The van der Waals surface area contributed by atoms with Crippen LogP contribution in [0.15, 0.2) is 48.7 Å². The van der Waals surface area contributed by atoms with Crippen LogP contribution < -0.4 is 5.32 Å². The second kappa shape index (κ2) is 5.96. The molecule has 0 aliphatic carbocycles. The first-order chi connectivity index (χ1) is 9.15. The van der Waals surface area contributed by atoms with E-state index in [0.717, 1.165) is 16.9 Å². The minimum absolute atomic E-state index is 0.155. The van der Waals surface area contributed by atoms with Crippen LogP contribution in [0.2, 0.25) is 0 Å². The number of carbonyl (C=O) groups excluding carboxylic acids is 1. The van der Waals surface area contributed by atoms with Crippen molar-refractivity contribution in [2.24, 2.45) is 0 Å². The Balaban J connectivity index is 2.04. The molecule has 96 valence electrons. The number of amides is 1. The van der Waals surface area contributed by atoms with Gasteiger partial charge < -0.3 is 5.32 Å². The number of carbonyl (C=O) groups is 1. The second-order valence-electron chi connectivity index (χ2n) is 4.40. The molecule has 1 amide bonds. The fourth-order valence-electron chi connectivity index (χ4n) is 1.76. The summed E-state index contributed by atoms with van der Waals surface area (Å²) in [6, 6.07) is 11.5. The van der Waals surface area contributed by atoms with Crippen LogP contribution >= 0.6 is 0 Å². The lowest BCUT2D eigenvalue weighted by Crippen LogP contribution is -2.09. The van der Waals surface area contributed by atoms with E-state index in [2.05, 4.69) is 10.3 Å². The van der Waals surface area contributed by atoms with Gasteiger partial charge in [-0.15, -0.1) is 0 Å². The highest BCUT2D eigenvalue weighted by Gasteiger charge is 2.01. The molecule has 3 heteroatoms. The molecular weight excluding hydrogens is 236 g/mol. The average molecular weight is 252 g/mol. The van der Waals surface area contributed by atoms with Gasteiger partial charge in [-0.1, -0.05) is 23.8 Å². The molecule has 0 spiro atoms. The molecule has 0 bridgehead atoms. The Bertz CT molecular complexity index is 603. The van der Waals surface area contributed by atoms with Gasteiger partial charge in [0.2, 0.25) is 5.91 Å². The van der Waals surface area contributed by atoms with Crippen molar-refractivity contribution >= 4 is 17.7 Å². The van der Waals surface area contributed by atoms with Gasteiger partial charge in [0.05, 0.1) is 5.69 Å². The molecule has 1 heterocycles. The molecule has 0 saturated heterocycles. The van der Waals surface area contributed by atoms with Crippen LogP contribution in [0, 0.1) is 13.8 Å². The first-order valence-corrected chi connectivity index (χ1v) is 6.12. The zero-order valence-corrected chi connectivity index (χ0v) is 11.1. The van der Waals surface area contributed by atoms with Crippen LogP contribution in [0.4, 0.5) is 5.69 Å². The van der Waals surface area contributed by atoms with Gasteiger partial charge in [0, 0.05) is 18.0 Å². The maximum absolute atomic E-state index is 11.8. The summed E-state index contributed by atoms with van der Waals surface area (Å²) in [5, 5.41) is 2.85. The summed E-state index contributed by atoms with van der Waals surface area (Å²) >= 11 is 0. The summed E-state index contributed by atoms with van der Waals surface area (Å²) in [6.45, 7) is 4.00. The van der Waals surface area contributed by atoms with E-state index >= 15 is 0 Å². The number of nitrogens with zero attached hydrogens (tertiary/aromatic N) is 1. The zero-order chi connectivity index (χ0) is 13.7. The van der Waals surface area contributed by atoms with Crippen LogP contribution in [0.25, 0.3) is 6.08 Å². The first kappa shape index (κ1) is 13.0. The van der Waals surface area contributed by atoms with Gasteiger partial charge in [0.1, 0.15) is 0 Å². The molecule has 19 heavy (non-hydrogen) atoms. The number of nitrogens with one attached hydrogen (secondary N) is 1. The van der Waals surface area contributed by atoms with Gasteiger partial charge in [-0.3, -0.25) is 9.78 Å². The lowest BCUT2D eigenvalue weighted by Gasteiger charge is -2.06. The fraction of sp³-hybridized carbons (Fsp3) is 0.125. The number of hydrogen-bond donors (Lipinski definition) is 1. The average Bonchev–Trinajstić information content (AvgIpc) is 2.41. The van der Waals surface area contributed by atoms with Crippen molar-refractivity contribution in [2.45, 2.75) is 13.8 Å². The number of aromatic nitrogens is 1. The lowest BCUT2D eigenvalue weighted by molar-refractivity contribution is -0.111. The zero-order valence-electron chi connectivity index (χ0n) is 11.1. The van der Waals surface area contributed by atoms with Crippen molar-refractivity contribution < 1.29 is 4.79 Å². The van der Waals surface area contributed by atoms with Crippen molar-refractivity contribution in [3.63, 3.8) is 0 Å². The Hall–Kier alpha value is -2.42. The maximum Gasteiger partial charge on any atom is 0.248 e. The van der Waals surface area contributed by atoms with Crippen molar-refractivity contribution in [1.82, 2.24) is 4.98 Å². The molecule has 0 unspecified atom stereocenters. The molecule has 2 rings (SSSR count).